The van der Waals surface area contributed by atoms with Crippen molar-refractivity contribution >= 4 is 35.0 Å². The molecule has 1 saturated heterocycles. The Bertz CT molecular complexity index is 1030. The van der Waals surface area contributed by atoms with Gasteiger partial charge >= 0.3 is 6.09 Å². The second-order valence-electron chi connectivity index (χ2n) is 9.44. The van der Waals surface area contributed by atoms with Crippen LogP contribution in [0.25, 0.3) is 11.1 Å². The number of carbonyl (C=O) groups excluding carboxylic acids is 1. The van der Waals surface area contributed by atoms with Crippen LogP contribution in [0.3, 0.4) is 0 Å². The molecule has 2 aromatic carbocycles. The standard InChI is InChI=1S/C24H26Cl2N2O3/c1-24(2,3)31-23(29)27-8-7-19-16(13-27)15-11-14(21-17(25)5-4-6-18(21)26)12-20-22(15)28(19)9-10-30-20/h4-6,11-12,16,19H,7-10,13H2,1-3H3/t16-,19-/m0/s1. The monoisotopic (exact) mass is 460 g/mol. The zero-order valence-electron chi connectivity index (χ0n) is 18.0. The second kappa shape index (κ2) is 7.49. The van der Waals surface area contributed by atoms with Crippen molar-refractivity contribution < 1.29 is 14.3 Å². The first-order chi connectivity index (χ1) is 14.7. The summed E-state index contributed by atoms with van der Waals surface area (Å²) in [6, 6.07) is 10.1. The average Bonchev–Trinajstić information content (AvgIpc) is 3.02. The molecule has 0 spiro atoms. The third-order valence-corrected chi connectivity index (χ3v) is 6.89. The summed E-state index contributed by atoms with van der Waals surface area (Å²) in [5.41, 5.74) is 3.60. The summed E-state index contributed by atoms with van der Waals surface area (Å²) < 4.78 is 11.7. The highest BCUT2D eigenvalue weighted by molar-refractivity contribution is 6.39. The lowest BCUT2D eigenvalue weighted by molar-refractivity contribution is 0.0188. The lowest BCUT2D eigenvalue weighted by Gasteiger charge is -2.40. The van der Waals surface area contributed by atoms with E-state index in [0.717, 1.165) is 35.5 Å². The summed E-state index contributed by atoms with van der Waals surface area (Å²) in [5.74, 6) is 1.06. The summed E-state index contributed by atoms with van der Waals surface area (Å²) >= 11 is 13.0. The highest BCUT2D eigenvalue weighted by atomic mass is 35.5. The molecule has 3 heterocycles. The number of hydrogen-bond acceptors (Lipinski definition) is 4. The molecule has 5 nitrogen and oxygen atoms in total. The van der Waals surface area contributed by atoms with Crippen molar-refractivity contribution in [1.29, 1.82) is 0 Å². The number of ether oxygens (including phenoxy) is 2. The lowest BCUT2D eigenvalue weighted by atomic mass is 9.87. The van der Waals surface area contributed by atoms with Crippen LogP contribution in [0.2, 0.25) is 10.0 Å². The molecule has 164 valence electrons. The normalized spacial score (nSPS) is 22.0. The van der Waals surface area contributed by atoms with Gasteiger partial charge in [0.2, 0.25) is 0 Å². The zero-order valence-corrected chi connectivity index (χ0v) is 19.5. The molecule has 0 bridgehead atoms. The smallest absolute Gasteiger partial charge is 0.410 e. The molecule has 2 aromatic rings. The van der Waals surface area contributed by atoms with Crippen molar-refractivity contribution in [3.05, 3.63) is 45.9 Å². The summed E-state index contributed by atoms with van der Waals surface area (Å²) in [5, 5.41) is 1.22. The minimum Gasteiger partial charge on any atom is -0.490 e. The van der Waals surface area contributed by atoms with Gasteiger partial charge in [-0.05, 0) is 62.6 Å². The fourth-order valence-electron chi connectivity index (χ4n) is 5.06. The van der Waals surface area contributed by atoms with E-state index in [4.69, 9.17) is 32.7 Å². The molecule has 0 unspecified atom stereocenters. The molecule has 2 atom stereocenters. The van der Waals surface area contributed by atoms with Gasteiger partial charge in [0.1, 0.15) is 18.0 Å². The molecule has 0 aromatic heterocycles. The van der Waals surface area contributed by atoms with Crippen molar-refractivity contribution in [2.45, 2.75) is 44.8 Å². The highest BCUT2D eigenvalue weighted by Crippen LogP contribution is 2.53. The quantitative estimate of drug-likeness (QED) is 0.525. The van der Waals surface area contributed by atoms with Gasteiger partial charge in [-0.25, -0.2) is 4.79 Å². The highest BCUT2D eigenvalue weighted by Gasteiger charge is 2.46. The van der Waals surface area contributed by atoms with E-state index in [1.54, 1.807) is 0 Å². The van der Waals surface area contributed by atoms with Crippen molar-refractivity contribution in [1.82, 2.24) is 4.90 Å². The van der Waals surface area contributed by atoms with Crippen LogP contribution >= 0.6 is 23.2 Å². The van der Waals surface area contributed by atoms with Crippen molar-refractivity contribution in [2.75, 3.05) is 31.1 Å². The van der Waals surface area contributed by atoms with Crippen molar-refractivity contribution in [3.63, 3.8) is 0 Å². The Morgan fingerprint density at radius 1 is 1.16 bits per heavy atom. The van der Waals surface area contributed by atoms with Crippen LogP contribution < -0.4 is 9.64 Å². The van der Waals surface area contributed by atoms with Crippen LogP contribution in [0.4, 0.5) is 10.5 Å². The average molecular weight is 461 g/mol. The second-order valence-corrected chi connectivity index (χ2v) is 10.3. The van der Waals surface area contributed by atoms with Gasteiger partial charge < -0.3 is 19.3 Å². The molecule has 31 heavy (non-hydrogen) atoms. The SMILES string of the molecule is CC(C)(C)OC(=O)N1CC[C@H]2[C@@H](C1)c1cc(-c3c(Cl)cccc3Cl)cc3c1N2CCO3. The fourth-order valence-corrected chi connectivity index (χ4v) is 5.67. The predicted molar refractivity (Wildman–Crippen MR) is 124 cm³/mol. The topological polar surface area (TPSA) is 42.0 Å². The van der Waals surface area contributed by atoms with Gasteiger partial charge in [-0.15, -0.1) is 0 Å². The molecular weight excluding hydrogens is 435 g/mol. The van der Waals surface area contributed by atoms with Gasteiger partial charge in [-0.3, -0.25) is 0 Å². The van der Waals surface area contributed by atoms with Gasteiger partial charge in [0.15, 0.2) is 0 Å². The van der Waals surface area contributed by atoms with E-state index in [1.807, 2.05) is 49.9 Å². The van der Waals surface area contributed by atoms with Crippen LogP contribution in [0.15, 0.2) is 30.3 Å². The van der Waals surface area contributed by atoms with Crippen LogP contribution in [0, 0.1) is 0 Å². The van der Waals surface area contributed by atoms with Gasteiger partial charge in [0.05, 0.1) is 12.2 Å². The third-order valence-electron chi connectivity index (χ3n) is 6.26. The number of likely N-dealkylation sites (tertiary alicyclic amines) is 1. The van der Waals surface area contributed by atoms with E-state index in [2.05, 4.69) is 11.0 Å². The minimum absolute atomic E-state index is 0.193. The maximum atomic E-state index is 12.8. The lowest BCUT2D eigenvalue weighted by Crippen LogP contribution is -2.50. The summed E-state index contributed by atoms with van der Waals surface area (Å²) in [4.78, 5) is 17.1. The Labute approximate surface area is 192 Å². The van der Waals surface area contributed by atoms with Crippen LogP contribution in [-0.4, -0.2) is 48.9 Å². The number of halogens is 2. The number of anilines is 1. The molecular formula is C24H26Cl2N2O3. The Kier molecular flexibility index (Phi) is 5.02. The number of amides is 1. The fraction of sp³-hybridized carbons (Fsp3) is 0.458. The molecule has 5 rings (SSSR count). The molecule has 1 fully saturated rings. The number of hydrogen-bond donors (Lipinski definition) is 0. The van der Waals surface area contributed by atoms with Crippen LogP contribution in [0.5, 0.6) is 5.75 Å². The molecule has 0 radical (unpaired) electrons. The van der Waals surface area contributed by atoms with Gasteiger partial charge in [0, 0.05) is 40.7 Å². The van der Waals surface area contributed by atoms with E-state index < -0.39 is 5.60 Å². The van der Waals surface area contributed by atoms with E-state index in [-0.39, 0.29) is 12.0 Å². The number of rotatable bonds is 1. The maximum absolute atomic E-state index is 12.8. The van der Waals surface area contributed by atoms with Gasteiger partial charge in [0.25, 0.3) is 0 Å². The van der Waals surface area contributed by atoms with E-state index >= 15 is 0 Å². The molecule has 3 aliphatic heterocycles. The number of carbonyl (C=O) groups is 1. The van der Waals surface area contributed by atoms with Crippen molar-refractivity contribution in [2.24, 2.45) is 0 Å². The Morgan fingerprint density at radius 3 is 2.61 bits per heavy atom. The Morgan fingerprint density at radius 2 is 1.90 bits per heavy atom. The Hall–Kier alpha value is -2.11. The molecule has 0 saturated carbocycles. The van der Waals surface area contributed by atoms with Crippen molar-refractivity contribution in [3.8, 4) is 16.9 Å². The molecule has 0 aliphatic carbocycles. The largest absolute Gasteiger partial charge is 0.490 e. The van der Waals surface area contributed by atoms with E-state index in [9.17, 15) is 4.79 Å². The number of piperidine rings is 1. The molecule has 1 amide bonds. The van der Waals surface area contributed by atoms with Gasteiger partial charge in [-0.2, -0.15) is 0 Å². The number of benzene rings is 2. The minimum atomic E-state index is -0.508. The number of nitrogens with zero attached hydrogens (tertiary/aromatic N) is 2. The van der Waals surface area contributed by atoms with Crippen LogP contribution in [0.1, 0.15) is 38.7 Å². The first kappa shape index (κ1) is 20.8. The summed E-state index contributed by atoms with van der Waals surface area (Å²) in [6.07, 6.45) is 0.655. The molecule has 0 N–H and O–H groups in total. The third kappa shape index (κ3) is 3.62. The Balaban J connectivity index is 1.55. The maximum Gasteiger partial charge on any atom is 0.410 e. The summed E-state index contributed by atoms with van der Waals surface area (Å²) in [7, 11) is 0. The summed E-state index contributed by atoms with van der Waals surface area (Å²) in [6.45, 7) is 8.52. The van der Waals surface area contributed by atoms with Gasteiger partial charge in [-0.1, -0.05) is 29.3 Å². The number of fused-ring (bicyclic) bond motifs is 3. The molecule has 7 heteroatoms. The predicted octanol–water partition coefficient (Wildman–Crippen LogP) is 5.97. The van der Waals surface area contributed by atoms with Crippen LogP contribution in [-0.2, 0) is 4.74 Å². The first-order valence-electron chi connectivity index (χ1n) is 10.7. The zero-order chi connectivity index (χ0) is 21.9. The van der Waals surface area contributed by atoms with E-state index in [0.29, 0.717) is 35.8 Å². The first-order valence-corrected chi connectivity index (χ1v) is 11.5. The van der Waals surface area contributed by atoms with E-state index in [1.165, 1.54) is 5.56 Å². The molecule has 3 aliphatic rings.